The Labute approximate surface area is 102 Å². The van der Waals surface area contributed by atoms with E-state index in [-0.39, 0.29) is 0 Å². The molecule has 1 heterocycles. The number of hydrogen-bond donors (Lipinski definition) is 1. The summed E-state index contributed by atoms with van der Waals surface area (Å²) in [6.07, 6.45) is 1.67. The summed E-state index contributed by atoms with van der Waals surface area (Å²) >= 11 is 3.27. The number of nitrogens with zero attached hydrogens (tertiary/aromatic N) is 1. The molecule has 4 heteroatoms. The van der Waals surface area contributed by atoms with Crippen molar-refractivity contribution in [1.82, 2.24) is 4.98 Å². The van der Waals surface area contributed by atoms with Crippen molar-refractivity contribution in [2.75, 3.05) is 5.73 Å². The van der Waals surface area contributed by atoms with Gasteiger partial charge in [0.1, 0.15) is 16.1 Å². The van der Waals surface area contributed by atoms with Gasteiger partial charge in [-0.15, -0.1) is 0 Å². The Morgan fingerprint density at radius 3 is 2.69 bits per heavy atom. The molecule has 16 heavy (non-hydrogen) atoms. The van der Waals surface area contributed by atoms with Crippen molar-refractivity contribution >= 4 is 21.6 Å². The van der Waals surface area contributed by atoms with Gasteiger partial charge in [0.05, 0.1) is 6.20 Å². The van der Waals surface area contributed by atoms with Crippen molar-refractivity contribution < 1.29 is 4.74 Å². The van der Waals surface area contributed by atoms with E-state index in [4.69, 9.17) is 10.5 Å². The third-order valence-corrected chi connectivity index (χ3v) is 2.60. The van der Waals surface area contributed by atoms with E-state index in [0.29, 0.717) is 5.75 Å². The molecule has 0 atom stereocenters. The first kappa shape index (κ1) is 11.0. The Bertz CT molecular complexity index is 497. The minimum absolute atomic E-state index is 0.705. The average Bonchev–Trinajstić information content (AvgIpc) is 2.25. The molecule has 0 bridgehead atoms. The van der Waals surface area contributed by atoms with Crippen molar-refractivity contribution in [3.8, 4) is 11.5 Å². The van der Waals surface area contributed by atoms with Crippen molar-refractivity contribution in [1.29, 1.82) is 0 Å². The van der Waals surface area contributed by atoms with Crippen molar-refractivity contribution in [3.63, 3.8) is 0 Å². The molecule has 0 aliphatic carbocycles. The third-order valence-electron chi connectivity index (χ3n) is 2.13. The zero-order chi connectivity index (χ0) is 11.5. The number of rotatable bonds is 2. The second kappa shape index (κ2) is 4.53. The van der Waals surface area contributed by atoms with Crippen LogP contribution in [0.1, 0.15) is 5.56 Å². The van der Waals surface area contributed by atoms with Crippen LogP contribution in [-0.2, 0) is 0 Å². The van der Waals surface area contributed by atoms with E-state index < -0.39 is 0 Å². The highest BCUT2D eigenvalue weighted by atomic mass is 79.9. The fourth-order valence-corrected chi connectivity index (χ4v) is 1.57. The van der Waals surface area contributed by atoms with Crippen LogP contribution in [0.4, 0.5) is 5.69 Å². The first-order chi connectivity index (χ1) is 7.65. The average molecular weight is 279 g/mol. The molecule has 82 valence electrons. The standard InChI is InChI=1S/C12H11BrN2O/c1-8-6-9(14)2-4-11(8)16-10-3-5-12(13)15-7-10/h2-7H,14H2,1H3. The molecular weight excluding hydrogens is 268 g/mol. The Morgan fingerprint density at radius 2 is 2.06 bits per heavy atom. The van der Waals surface area contributed by atoms with Crippen LogP contribution in [0.2, 0.25) is 0 Å². The lowest BCUT2D eigenvalue weighted by Crippen LogP contribution is -1.91. The van der Waals surface area contributed by atoms with Gasteiger partial charge in [0.2, 0.25) is 0 Å². The highest BCUT2D eigenvalue weighted by molar-refractivity contribution is 9.10. The number of pyridine rings is 1. The molecule has 1 aromatic heterocycles. The van der Waals surface area contributed by atoms with Crippen molar-refractivity contribution in [2.24, 2.45) is 0 Å². The van der Waals surface area contributed by atoms with Gasteiger partial charge in [0, 0.05) is 5.69 Å². The van der Waals surface area contributed by atoms with Gasteiger partial charge < -0.3 is 10.5 Å². The van der Waals surface area contributed by atoms with E-state index in [0.717, 1.165) is 21.6 Å². The summed E-state index contributed by atoms with van der Waals surface area (Å²) in [4.78, 5) is 4.09. The molecule has 0 saturated heterocycles. The van der Waals surface area contributed by atoms with Crippen LogP contribution in [0.5, 0.6) is 11.5 Å². The van der Waals surface area contributed by atoms with Gasteiger partial charge in [0.25, 0.3) is 0 Å². The van der Waals surface area contributed by atoms with Gasteiger partial charge in [-0.1, -0.05) is 0 Å². The molecule has 2 rings (SSSR count). The van der Waals surface area contributed by atoms with Gasteiger partial charge in [-0.25, -0.2) is 4.98 Å². The minimum Gasteiger partial charge on any atom is -0.455 e. The third kappa shape index (κ3) is 2.52. The van der Waals surface area contributed by atoms with Crippen LogP contribution < -0.4 is 10.5 Å². The highest BCUT2D eigenvalue weighted by Gasteiger charge is 2.02. The van der Waals surface area contributed by atoms with Crippen LogP contribution >= 0.6 is 15.9 Å². The first-order valence-electron chi connectivity index (χ1n) is 4.81. The quantitative estimate of drug-likeness (QED) is 0.675. The summed E-state index contributed by atoms with van der Waals surface area (Å²) in [6.45, 7) is 1.96. The van der Waals surface area contributed by atoms with Crippen LogP contribution in [-0.4, -0.2) is 4.98 Å². The van der Waals surface area contributed by atoms with E-state index in [1.807, 2.05) is 37.3 Å². The maximum atomic E-state index is 5.68. The van der Waals surface area contributed by atoms with Crippen LogP contribution in [0.3, 0.4) is 0 Å². The summed E-state index contributed by atoms with van der Waals surface area (Å²) in [5.41, 5.74) is 7.40. The predicted octanol–water partition coefficient (Wildman–Crippen LogP) is 3.53. The fraction of sp³-hybridized carbons (Fsp3) is 0.0833. The zero-order valence-corrected chi connectivity index (χ0v) is 10.4. The number of halogens is 1. The number of aromatic nitrogens is 1. The number of benzene rings is 1. The largest absolute Gasteiger partial charge is 0.455 e. The molecule has 1 aromatic carbocycles. The van der Waals surface area contributed by atoms with Gasteiger partial charge >= 0.3 is 0 Å². The molecule has 3 nitrogen and oxygen atoms in total. The van der Waals surface area contributed by atoms with E-state index in [1.54, 1.807) is 6.20 Å². The smallest absolute Gasteiger partial charge is 0.145 e. The van der Waals surface area contributed by atoms with Crippen LogP contribution in [0, 0.1) is 6.92 Å². The van der Waals surface area contributed by atoms with E-state index in [9.17, 15) is 0 Å². The summed E-state index contributed by atoms with van der Waals surface area (Å²) in [5.74, 6) is 1.49. The normalized spacial score (nSPS) is 10.1. The SMILES string of the molecule is Cc1cc(N)ccc1Oc1ccc(Br)nc1. The lowest BCUT2D eigenvalue weighted by atomic mass is 10.2. The zero-order valence-electron chi connectivity index (χ0n) is 8.77. The van der Waals surface area contributed by atoms with Crippen molar-refractivity contribution in [3.05, 3.63) is 46.7 Å². The number of anilines is 1. The maximum absolute atomic E-state index is 5.68. The van der Waals surface area contributed by atoms with Gasteiger partial charge in [0.15, 0.2) is 0 Å². The van der Waals surface area contributed by atoms with E-state index in [2.05, 4.69) is 20.9 Å². The number of nitrogens with two attached hydrogens (primary N) is 1. The molecule has 0 amide bonds. The van der Waals surface area contributed by atoms with Crippen LogP contribution in [0.25, 0.3) is 0 Å². The number of aryl methyl sites for hydroxylation is 1. The molecule has 0 fully saturated rings. The number of nitrogen functional groups attached to an aromatic ring is 1. The molecular formula is C12H11BrN2O. The molecule has 0 radical (unpaired) electrons. The Hall–Kier alpha value is -1.55. The maximum Gasteiger partial charge on any atom is 0.145 e. The van der Waals surface area contributed by atoms with Gasteiger partial charge in [-0.2, -0.15) is 0 Å². The van der Waals surface area contributed by atoms with Gasteiger partial charge in [-0.05, 0) is 58.7 Å². The molecule has 0 aliphatic heterocycles. The number of hydrogen-bond acceptors (Lipinski definition) is 3. The highest BCUT2D eigenvalue weighted by Crippen LogP contribution is 2.26. The second-order valence-electron chi connectivity index (χ2n) is 3.44. The molecule has 0 saturated carbocycles. The molecule has 0 aliphatic rings. The molecule has 0 spiro atoms. The topological polar surface area (TPSA) is 48.1 Å². The lowest BCUT2D eigenvalue weighted by molar-refractivity contribution is 0.476. The minimum atomic E-state index is 0.705. The lowest BCUT2D eigenvalue weighted by Gasteiger charge is -2.08. The molecule has 0 unspecified atom stereocenters. The van der Waals surface area contributed by atoms with E-state index >= 15 is 0 Å². The molecule has 2 aromatic rings. The summed E-state index contributed by atoms with van der Waals surface area (Å²) in [5, 5.41) is 0. The predicted molar refractivity (Wildman–Crippen MR) is 67.6 cm³/mol. The second-order valence-corrected chi connectivity index (χ2v) is 4.26. The fourth-order valence-electron chi connectivity index (χ4n) is 1.34. The summed E-state index contributed by atoms with van der Waals surface area (Å²) in [6, 6.07) is 9.23. The summed E-state index contributed by atoms with van der Waals surface area (Å²) < 4.78 is 6.47. The van der Waals surface area contributed by atoms with Crippen molar-refractivity contribution in [2.45, 2.75) is 6.92 Å². The van der Waals surface area contributed by atoms with Gasteiger partial charge in [-0.3, -0.25) is 0 Å². The van der Waals surface area contributed by atoms with E-state index in [1.165, 1.54) is 0 Å². The Kier molecular flexibility index (Phi) is 3.10. The first-order valence-corrected chi connectivity index (χ1v) is 5.60. The Morgan fingerprint density at radius 1 is 1.25 bits per heavy atom. The van der Waals surface area contributed by atoms with Crippen LogP contribution in [0.15, 0.2) is 41.1 Å². The summed E-state index contributed by atoms with van der Waals surface area (Å²) in [7, 11) is 0. The monoisotopic (exact) mass is 278 g/mol. The number of ether oxygens (including phenoxy) is 1. The Balaban J connectivity index is 2.23. The molecule has 2 N–H and O–H groups in total.